The molecular weight excluding hydrogens is 306 g/mol. The lowest BCUT2D eigenvalue weighted by Gasteiger charge is -2.48. The molecule has 0 amide bonds. The van der Waals surface area contributed by atoms with Crippen molar-refractivity contribution in [3.8, 4) is 18.2 Å². The summed E-state index contributed by atoms with van der Waals surface area (Å²) in [5.74, 6) is -2.26. The number of hydrogen-bond donors (Lipinski definition) is 1. The summed E-state index contributed by atoms with van der Waals surface area (Å²) in [6.07, 6.45) is 0.811. The Labute approximate surface area is 139 Å². The number of fused-ring (bicyclic) bond motifs is 2. The fraction of sp³-hybridized carbons (Fsp3) is 0.471. The first-order valence-electron chi connectivity index (χ1n) is 7.58. The van der Waals surface area contributed by atoms with Gasteiger partial charge in [-0.2, -0.15) is 15.8 Å². The van der Waals surface area contributed by atoms with Crippen LogP contribution in [-0.4, -0.2) is 16.7 Å². The van der Waals surface area contributed by atoms with Crippen LogP contribution in [0.5, 0.6) is 0 Å². The molecular formula is C17H15N5O2. The van der Waals surface area contributed by atoms with Gasteiger partial charge in [-0.25, -0.2) is 0 Å². The summed E-state index contributed by atoms with van der Waals surface area (Å²) >= 11 is 0. The Hall–Kier alpha value is -2.95. The van der Waals surface area contributed by atoms with Gasteiger partial charge in [0.2, 0.25) is 17.1 Å². The number of nitrogens with one attached hydrogen (secondary N) is 1. The van der Waals surface area contributed by atoms with Gasteiger partial charge < -0.3 is 9.47 Å². The van der Waals surface area contributed by atoms with E-state index >= 15 is 0 Å². The molecule has 0 radical (unpaired) electrons. The molecule has 2 aliphatic rings. The maximum atomic E-state index is 9.93. The second kappa shape index (κ2) is 5.03. The molecule has 7 nitrogen and oxygen atoms in total. The van der Waals surface area contributed by atoms with Gasteiger partial charge in [0.05, 0.1) is 29.8 Å². The van der Waals surface area contributed by atoms with E-state index in [1.165, 1.54) is 6.20 Å². The van der Waals surface area contributed by atoms with Crippen LogP contribution in [0.4, 0.5) is 0 Å². The van der Waals surface area contributed by atoms with Crippen molar-refractivity contribution in [2.24, 2.45) is 16.7 Å². The first kappa shape index (κ1) is 15.9. The van der Waals surface area contributed by atoms with Crippen LogP contribution in [0, 0.1) is 56.2 Å². The lowest BCUT2D eigenvalue weighted by molar-refractivity contribution is -0.281. The van der Waals surface area contributed by atoms with Crippen LogP contribution in [-0.2, 0) is 9.47 Å². The highest BCUT2D eigenvalue weighted by Crippen LogP contribution is 2.66. The van der Waals surface area contributed by atoms with Crippen molar-refractivity contribution in [2.45, 2.75) is 32.2 Å². The predicted molar refractivity (Wildman–Crippen MR) is 80.8 cm³/mol. The third-order valence-corrected chi connectivity index (χ3v) is 5.25. The van der Waals surface area contributed by atoms with Gasteiger partial charge in [-0.1, -0.05) is 19.9 Å². The molecule has 3 rings (SSSR count). The van der Waals surface area contributed by atoms with Gasteiger partial charge >= 0.3 is 0 Å². The summed E-state index contributed by atoms with van der Waals surface area (Å²) in [6, 6.07) is 11.1. The third-order valence-electron chi connectivity index (χ3n) is 5.25. The van der Waals surface area contributed by atoms with E-state index in [1.54, 1.807) is 25.1 Å². The topological polar surface area (TPSA) is 127 Å². The van der Waals surface area contributed by atoms with Crippen LogP contribution in [0.15, 0.2) is 24.4 Å². The molecule has 0 spiro atoms. The molecule has 7 heteroatoms. The van der Waals surface area contributed by atoms with Crippen molar-refractivity contribution in [3.05, 3.63) is 30.1 Å². The monoisotopic (exact) mass is 321 g/mol. The van der Waals surface area contributed by atoms with Crippen molar-refractivity contribution >= 4 is 5.90 Å². The molecule has 24 heavy (non-hydrogen) atoms. The molecule has 3 heterocycles. The minimum atomic E-state index is -1.93. The number of rotatable bonds is 2. The Bertz CT molecular complexity index is 804. The number of pyridine rings is 1. The number of nitriles is 3. The average Bonchev–Trinajstić information content (AvgIpc) is 2.78. The minimum Gasteiger partial charge on any atom is -0.447 e. The number of aromatic nitrogens is 1. The van der Waals surface area contributed by atoms with Crippen LogP contribution in [0.2, 0.25) is 0 Å². The standard InChI is InChI=1S/C17H15N5O2/c1-3-17-11(2)16(10-20,14(21)24-17)15(8-18,9-19)13(23-17)12-6-4-5-7-22-12/h4-7,11,13,21H,3H2,1-2H3/t11-,13-,16+,17+/m0/s1. The fourth-order valence-electron chi connectivity index (χ4n) is 3.84. The van der Waals surface area contributed by atoms with Crippen LogP contribution in [0.1, 0.15) is 32.1 Å². The molecule has 1 aromatic rings. The highest BCUT2D eigenvalue weighted by Gasteiger charge is 2.79. The Morgan fingerprint density at radius 3 is 2.46 bits per heavy atom. The maximum Gasteiger partial charge on any atom is 0.217 e. The van der Waals surface area contributed by atoms with Crippen molar-refractivity contribution in [1.82, 2.24) is 4.98 Å². The normalized spacial score (nSPS) is 36.0. The van der Waals surface area contributed by atoms with Crippen LogP contribution in [0.3, 0.4) is 0 Å². The lowest BCUT2D eigenvalue weighted by Crippen LogP contribution is -2.58. The molecule has 0 aromatic carbocycles. The van der Waals surface area contributed by atoms with Crippen LogP contribution >= 0.6 is 0 Å². The quantitative estimate of drug-likeness (QED) is 0.891. The van der Waals surface area contributed by atoms with Gasteiger partial charge in [0.25, 0.3) is 0 Å². The molecule has 2 bridgehead atoms. The molecule has 120 valence electrons. The average molecular weight is 321 g/mol. The van der Waals surface area contributed by atoms with Gasteiger partial charge in [0, 0.05) is 12.6 Å². The minimum absolute atomic E-state index is 0.364. The van der Waals surface area contributed by atoms with E-state index in [9.17, 15) is 15.8 Å². The van der Waals surface area contributed by atoms with E-state index in [4.69, 9.17) is 14.9 Å². The maximum absolute atomic E-state index is 9.93. The zero-order chi connectivity index (χ0) is 17.6. The van der Waals surface area contributed by atoms with Gasteiger partial charge in [-0.3, -0.25) is 10.4 Å². The van der Waals surface area contributed by atoms with E-state index in [1.807, 2.05) is 19.1 Å². The Balaban J connectivity index is 2.34. The molecule has 2 saturated heterocycles. The summed E-state index contributed by atoms with van der Waals surface area (Å²) < 4.78 is 11.7. The van der Waals surface area contributed by atoms with Crippen LogP contribution in [0.25, 0.3) is 0 Å². The molecule has 4 atom stereocenters. The van der Waals surface area contributed by atoms with Gasteiger partial charge in [0.1, 0.15) is 6.10 Å². The molecule has 0 aliphatic carbocycles. The van der Waals surface area contributed by atoms with E-state index in [2.05, 4.69) is 11.1 Å². The third kappa shape index (κ3) is 1.51. The number of ether oxygens (including phenoxy) is 2. The van der Waals surface area contributed by atoms with E-state index in [-0.39, 0.29) is 5.90 Å². The summed E-state index contributed by atoms with van der Waals surface area (Å²) in [6.45, 7) is 3.50. The fourth-order valence-corrected chi connectivity index (χ4v) is 3.84. The highest BCUT2D eigenvalue weighted by atomic mass is 16.7. The first-order chi connectivity index (χ1) is 11.5. The largest absolute Gasteiger partial charge is 0.447 e. The zero-order valence-corrected chi connectivity index (χ0v) is 13.3. The summed E-state index contributed by atoms with van der Waals surface area (Å²) in [5, 5.41) is 38.0. The van der Waals surface area contributed by atoms with Gasteiger partial charge in [0.15, 0.2) is 5.41 Å². The molecule has 1 N–H and O–H groups in total. The van der Waals surface area contributed by atoms with E-state index < -0.39 is 28.6 Å². The Morgan fingerprint density at radius 2 is 1.96 bits per heavy atom. The SMILES string of the molecule is CC[C@@]12OC(=N)[C@@](C#N)([C@@H]1C)C(C#N)(C#N)[C@H](c1ccccn1)O2. The molecule has 0 unspecified atom stereocenters. The van der Waals surface area contributed by atoms with Crippen molar-refractivity contribution < 1.29 is 9.47 Å². The smallest absolute Gasteiger partial charge is 0.217 e. The Kier molecular flexibility index (Phi) is 3.34. The lowest BCUT2D eigenvalue weighted by atomic mass is 9.54. The second-order valence-electron chi connectivity index (χ2n) is 6.02. The number of hydrogen-bond acceptors (Lipinski definition) is 7. The predicted octanol–water partition coefficient (Wildman–Crippen LogP) is 2.45. The molecule has 2 aliphatic heterocycles. The molecule has 1 aromatic heterocycles. The van der Waals surface area contributed by atoms with Crippen molar-refractivity contribution in [1.29, 1.82) is 21.2 Å². The van der Waals surface area contributed by atoms with Gasteiger partial charge in [-0.05, 0) is 12.1 Å². The summed E-state index contributed by atoms with van der Waals surface area (Å²) in [5.41, 5.74) is -3.28. The molecule has 2 fully saturated rings. The second-order valence-corrected chi connectivity index (χ2v) is 6.02. The van der Waals surface area contributed by atoms with E-state index in [0.717, 1.165) is 0 Å². The molecule has 0 saturated carbocycles. The summed E-state index contributed by atoms with van der Waals surface area (Å²) in [7, 11) is 0. The number of nitrogens with zero attached hydrogens (tertiary/aromatic N) is 4. The van der Waals surface area contributed by atoms with Crippen LogP contribution < -0.4 is 0 Å². The van der Waals surface area contributed by atoms with Crippen molar-refractivity contribution in [3.63, 3.8) is 0 Å². The van der Waals surface area contributed by atoms with E-state index in [0.29, 0.717) is 12.1 Å². The zero-order valence-electron chi connectivity index (χ0n) is 13.3. The Morgan fingerprint density at radius 1 is 1.25 bits per heavy atom. The summed E-state index contributed by atoms with van der Waals surface area (Å²) in [4.78, 5) is 4.21. The van der Waals surface area contributed by atoms with Crippen molar-refractivity contribution in [2.75, 3.05) is 0 Å². The highest BCUT2D eigenvalue weighted by molar-refractivity contribution is 5.89. The van der Waals surface area contributed by atoms with Gasteiger partial charge in [-0.15, -0.1) is 0 Å². The first-order valence-corrected chi connectivity index (χ1v) is 7.58.